The van der Waals surface area contributed by atoms with E-state index in [1.807, 2.05) is 0 Å². The second-order valence-electron chi connectivity index (χ2n) is 3.77. The highest BCUT2D eigenvalue weighted by molar-refractivity contribution is 5.30. The molecule has 15 heavy (non-hydrogen) atoms. The van der Waals surface area contributed by atoms with E-state index in [1.165, 1.54) is 18.9 Å². The van der Waals surface area contributed by atoms with Crippen LogP contribution in [-0.4, -0.2) is 12.6 Å². The molecule has 1 rings (SSSR count). The lowest BCUT2D eigenvalue weighted by atomic mass is 10.2. The molecule has 3 heteroatoms. The van der Waals surface area contributed by atoms with E-state index in [9.17, 15) is 4.39 Å². The Morgan fingerprint density at radius 1 is 1.40 bits per heavy atom. The van der Waals surface area contributed by atoms with Crippen molar-refractivity contribution in [2.75, 3.05) is 6.54 Å². The van der Waals surface area contributed by atoms with E-state index in [2.05, 4.69) is 13.2 Å². The fourth-order valence-electron chi connectivity index (χ4n) is 1.73. The Kier molecular flexibility index (Phi) is 4.56. The van der Waals surface area contributed by atoms with Crippen molar-refractivity contribution < 1.29 is 9.13 Å². The van der Waals surface area contributed by atoms with E-state index in [-0.39, 0.29) is 12.6 Å². The smallest absolute Gasteiger partial charge is 0.117 e. The first-order valence-electron chi connectivity index (χ1n) is 5.24. The summed E-state index contributed by atoms with van der Waals surface area (Å²) in [4.78, 5) is 0. The number of halogens is 1. The third kappa shape index (κ3) is 3.88. The minimum Gasteiger partial charge on any atom is -0.491 e. The Morgan fingerprint density at radius 3 is 2.47 bits per heavy atom. The minimum absolute atomic E-state index is 0.217. The van der Waals surface area contributed by atoms with Crippen molar-refractivity contribution in [1.29, 1.82) is 0 Å². The highest BCUT2D eigenvalue weighted by atomic mass is 19.1. The fraction of sp³-hybridized carbons (Fsp3) is 0.500. The van der Waals surface area contributed by atoms with Crippen LogP contribution in [0.5, 0.6) is 0 Å². The molecule has 84 valence electrons. The van der Waals surface area contributed by atoms with Crippen molar-refractivity contribution in [3.63, 3.8) is 0 Å². The largest absolute Gasteiger partial charge is 0.491 e. The summed E-state index contributed by atoms with van der Waals surface area (Å²) in [6, 6.07) is 0. The van der Waals surface area contributed by atoms with Gasteiger partial charge in [-0.25, -0.2) is 4.39 Å². The number of hydrogen-bond donors (Lipinski definition) is 1. The standard InChI is InChI=1S/C12H18FNO/c1-9(13)7-11(8-14)10(2)15-12-5-3-4-6-12/h7,12H,1-6,8,14H2/b11-7-. The molecule has 0 aromatic heterocycles. The van der Waals surface area contributed by atoms with Crippen molar-refractivity contribution in [3.05, 3.63) is 36.4 Å². The van der Waals surface area contributed by atoms with Crippen LogP contribution < -0.4 is 5.73 Å². The lowest BCUT2D eigenvalue weighted by Gasteiger charge is -2.16. The Hall–Kier alpha value is -1.09. The second kappa shape index (κ2) is 5.71. The van der Waals surface area contributed by atoms with E-state index < -0.39 is 5.83 Å². The maximum absolute atomic E-state index is 12.6. The highest BCUT2D eigenvalue weighted by Gasteiger charge is 2.17. The molecular weight excluding hydrogens is 193 g/mol. The summed E-state index contributed by atoms with van der Waals surface area (Å²) in [5, 5.41) is 0. The molecule has 0 unspecified atom stereocenters. The van der Waals surface area contributed by atoms with Crippen LogP contribution in [0.1, 0.15) is 25.7 Å². The molecule has 0 amide bonds. The van der Waals surface area contributed by atoms with E-state index in [0.717, 1.165) is 12.8 Å². The molecule has 0 aromatic rings. The molecule has 0 spiro atoms. The summed E-state index contributed by atoms with van der Waals surface area (Å²) in [5.74, 6) is -0.0465. The van der Waals surface area contributed by atoms with Gasteiger partial charge in [0, 0.05) is 12.1 Å². The summed E-state index contributed by atoms with van der Waals surface area (Å²) in [6.45, 7) is 7.14. The number of hydrogen-bond acceptors (Lipinski definition) is 2. The molecule has 0 heterocycles. The maximum atomic E-state index is 12.6. The van der Waals surface area contributed by atoms with E-state index >= 15 is 0 Å². The first-order chi connectivity index (χ1) is 7.13. The normalized spacial score (nSPS) is 17.9. The molecule has 1 fully saturated rings. The van der Waals surface area contributed by atoms with Gasteiger partial charge < -0.3 is 10.5 Å². The van der Waals surface area contributed by atoms with Gasteiger partial charge in [0.25, 0.3) is 0 Å². The highest BCUT2D eigenvalue weighted by Crippen LogP contribution is 2.25. The molecule has 0 aromatic carbocycles. The molecule has 1 saturated carbocycles. The van der Waals surface area contributed by atoms with Crippen LogP contribution >= 0.6 is 0 Å². The van der Waals surface area contributed by atoms with E-state index in [1.54, 1.807) is 0 Å². The second-order valence-corrected chi connectivity index (χ2v) is 3.77. The quantitative estimate of drug-likeness (QED) is 0.560. The van der Waals surface area contributed by atoms with Crippen molar-refractivity contribution in [2.45, 2.75) is 31.8 Å². The van der Waals surface area contributed by atoms with Crippen molar-refractivity contribution in [2.24, 2.45) is 5.73 Å². The lowest BCUT2D eigenvalue weighted by Crippen LogP contribution is -2.12. The van der Waals surface area contributed by atoms with Crippen LogP contribution in [-0.2, 0) is 4.74 Å². The predicted molar refractivity (Wildman–Crippen MR) is 59.9 cm³/mol. The monoisotopic (exact) mass is 211 g/mol. The van der Waals surface area contributed by atoms with Gasteiger partial charge in [-0.1, -0.05) is 13.2 Å². The van der Waals surface area contributed by atoms with Crippen LogP contribution in [0, 0.1) is 0 Å². The average molecular weight is 211 g/mol. The van der Waals surface area contributed by atoms with E-state index in [0.29, 0.717) is 11.3 Å². The molecule has 0 atom stereocenters. The molecule has 2 nitrogen and oxygen atoms in total. The number of ether oxygens (including phenoxy) is 1. The van der Waals surface area contributed by atoms with Crippen molar-refractivity contribution in [1.82, 2.24) is 0 Å². The zero-order valence-electron chi connectivity index (χ0n) is 8.97. The molecular formula is C12H18FNO. The van der Waals surface area contributed by atoms with Gasteiger partial charge in [0.1, 0.15) is 11.6 Å². The molecule has 1 aliphatic rings. The van der Waals surface area contributed by atoms with Gasteiger partial charge in [-0.15, -0.1) is 0 Å². The van der Waals surface area contributed by atoms with Crippen LogP contribution in [0.3, 0.4) is 0 Å². The Morgan fingerprint density at radius 2 is 2.00 bits per heavy atom. The summed E-state index contributed by atoms with van der Waals surface area (Å²) < 4.78 is 18.2. The van der Waals surface area contributed by atoms with Crippen LogP contribution in [0.4, 0.5) is 4.39 Å². The van der Waals surface area contributed by atoms with Gasteiger partial charge in [-0.3, -0.25) is 0 Å². The molecule has 0 aliphatic heterocycles. The predicted octanol–water partition coefficient (Wildman–Crippen LogP) is 2.83. The SMILES string of the molecule is C=C(F)/C=C(/CN)C(=C)OC1CCCC1. The molecule has 0 radical (unpaired) electrons. The van der Waals surface area contributed by atoms with Crippen LogP contribution in [0.15, 0.2) is 36.4 Å². The van der Waals surface area contributed by atoms with Gasteiger partial charge in [-0.2, -0.15) is 0 Å². The zero-order chi connectivity index (χ0) is 11.3. The summed E-state index contributed by atoms with van der Waals surface area (Å²) in [7, 11) is 0. The van der Waals surface area contributed by atoms with Gasteiger partial charge in [0.2, 0.25) is 0 Å². The number of nitrogens with two attached hydrogens (primary N) is 1. The first-order valence-corrected chi connectivity index (χ1v) is 5.24. The van der Waals surface area contributed by atoms with Crippen LogP contribution in [0.25, 0.3) is 0 Å². The molecule has 0 saturated heterocycles. The molecule has 1 aliphatic carbocycles. The Bertz CT molecular complexity index is 277. The van der Waals surface area contributed by atoms with Gasteiger partial charge in [-0.05, 0) is 31.8 Å². The molecule has 2 N–H and O–H groups in total. The van der Waals surface area contributed by atoms with Gasteiger partial charge >= 0.3 is 0 Å². The topological polar surface area (TPSA) is 35.2 Å². The summed E-state index contributed by atoms with van der Waals surface area (Å²) in [6.07, 6.45) is 5.98. The first kappa shape index (κ1) is 12.0. The number of rotatable bonds is 5. The average Bonchev–Trinajstić information content (AvgIpc) is 2.66. The van der Waals surface area contributed by atoms with E-state index in [4.69, 9.17) is 10.5 Å². The van der Waals surface area contributed by atoms with Crippen molar-refractivity contribution >= 4 is 0 Å². The van der Waals surface area contributed by atoms with Gasteiger partial charge in [0.05, 0.1) is 6.10 Å². The fourth-order valence-corrected chi connectivity index (χ4v) is 1.73. The molecule has 0 bridgehead atoms. The summed E-state index contributed by atoms with van der Waals surface area (Å²) >= 11 is 0. The Balaban J connectivity index is 2.53. The third-order valence-corrected chi connectivity index (χ3v) is 2.52. The Labute approximate surface area is 90.3 Å². The zero-order valence-corrected chi connectivity index (χ0v) is 8.97. The minimum atomic E-state index is -0.522. The maximum Gasteiger partial charge on any atom is 0.117 e. The number of allylic oxidation sites excluding steroid dienone is 2. The summed E-state index contributed by atoms with van der Waals surface area (Å²) in [5.41, 5.74) is 6.06. The van der Waals surface area contributed by atoms with Crippen LogP contribution in [0.2, 0.25) is 0 Å². The lowest BCUT2D eigenvalue weighted by molar-refractivity contribution is 0.129. The van der Waals surface area contributed by atoms with Gasteiger partial charge in [0.15, 0.2) is 0 Å². The third-order valence-electron chi connectivity index (χ3n) is 2.52. The van der Waals surface area contributed by atoms with Crippen molar-refractivity contribution in [3.8, 4) is 0 Å².